The molecule has 2 aromatic rings. The summed E-state index contributed by atoms with van der Waals surface area (Å²) in [7, 11) is 0. The maximum Gasteiger partial charge on any atom is 0.357 e. The molecular weight excluding hydrogens is 350 g/mol. The lowest BCUT2D eigenvalue weighted by Crippen LogP contribution is -2.40. The van der Waals surface area contributed by atoms with Gasteiger partial charge in [0.25, 0.3) is 0 Å². The molecule has 0 radical (unpaired) electrons. The van der Waals surface area contributed by atoms with E-state index in [0.29, 0.717) is 11.1 Å². The van der Waals surface area contributed by atoms with Gasteiger partial charge in [0.1, 0.15) is 23.4 Å². The second kappa shape index (κ2) is 6.30. The zero-order chi connectivity index (χ0) is 19.2. The summed E-state index contributed by atoms with van der Waals surface area (Å²) in [4.78, 5) is 18.3. The minimum absolute atomic E-state index is 0.185. The van der Waals surface area contributed by atoms with Gasteiger partial charge < -0.3 is 9.64 Å². The van der Waals surface area contributed by atoms with Crippen LogP contribution < -0.4 is 0 Å². The number of nitrogens with zero attached hydrogens (tertiary/aromatic N) is 2. The summed E-state index contributed by atoms with van der Waals surface area (Å²) in [6.07, 6.45) is 8.18. The van der Waals surface area contributed by atoms with Crippen LogP contribution >= 0.6 is 0 Å². The molecule has 3 atom stereocenters. The Hall–Kier alpha value is -3.02. The molecule has 4 nitrogen and oxygen atoms in total. The molecule has 3 heterocycles. The zero-order valence-corrected chi connectivity index (χ0v) is 14.9. The minimum atomic E-state index is -0.780. The van der Waals surface area contributed by atoms with Crippen LogP contribution in [0.5, 0.6) is 0 Å². The van der Waals surface area contributed by atoms with Gasteiger partial charge in [-0.15, -0.1) is 0 Å². The second-order valence-electron chi connectivity index (χ2n) is 6.88. The molecule has 0 saturated heterocycles. The molecule has 138 valence electrons. The highest BCUT2D eigenvalue weighted by molar-refractivity contribution is 5.87. The van der Waals surface area contributed by atoms with Crippen LogP contribution in [0.1, 0.15) is 41.5 Å². The molecule has 0 bridgehead atoms. The molecular formula is C21H18F2N2O2. The van der Waals surface area contributed by atoms with Crippen LogP contribution in [0.3, 0.4) is 0 Å². The van der Waals surface area contributed by atoms with Crippen molar-refractivity contribution in [1.29, 1.82) is 0 Å². The van der Waals surface area contributed by atoms with Gasteiger partial charge in [0.2, 0.25) is 0 Å². The number of fused-ring (bicyclic) bond motifs is 3. The van der Waals surface area contributed by atoms with Crippen LogP contribution in [0.4, 0.5) is 8.78 Å². The number of hydrogen-bond donors (Lipinski definition) is 0. The molecule has 0 amide bonds. The number of carbonyl (C=O) groups is 1. The number of allylic oxidation sites excluding steroid dienone is 2. The number of carbonyl (C=O) groups excluding carboxylic acids is 1. The van der Waals surface area contributed by atoms with Crippen molar-refractivity contribution in [3.8, 4) is 0 Å². The van der Waals surface area contributed by atoms with E-state index in [2.05, 4.69) is 4.98 Å². The molecule has 27 heavy (non-hydrogen) atoms. The third-order valence-corrected chi connectivity index (χ3v) is 5.14. The van der Waals surface area contributed by atoms with E-state index in [0.717, 1.165) is 6.07 Å². The standard InChI is InChI=1S/C21H18F2N2O2/c1-13(27-20(26)17-7-3-5-9-24-17)19-15-11-14(22)12-16(23)18(15)21(2)8-4-6-10-25(19)21/h3-13,19H,1-2H3/t13-,19?,21?/m0/s1. The summed E-state index contributed by atoms with van der Waals surface area (Å²) < 4.78 is 34.3. The number of benzene rings is 1. The summed E-state index contributed by atoms with van der Waals surface area (Å²) in [6, 6.07) is 6.64. The summed E-state index contributed by atoms with van der Waals surface area (Å²) in [5.41, 5.74) is 0.283. The monoisotopic (exact) mass is 368 g/mol. The van der Waals surface area contributed by atoms with E-state index in [4.69, 9.17) is 4.74 Å². The Kier molecular flexibility index (Phi) is 4.06. The largest absolute Gasteiger partial charge is 0.455 e. The topological polar surface area (TPSA) is 42.4 Å². The first-order chi connectivity index (χ1) is 12.9. The lowest BCUT2D eigenvalue weighted by atomic mass is 9.89. The molecule has 4 rings (SSSR count). The zero-order valence-electron chi connectivity index (χ0n) is 14.9. The molecule has 0 spiro atoms. The Bertz CT molecular complexity index is 958. The first-order valence-corrected chi connectivity index (χ1v) is 8.68. The van der Waals surface area contributed by atoms with E-state index in [1.54, 1.807) is 25.1 Å². The quantitative estimate of drug-likeness (QED) is 0.759. The van der Waals surface area contributed by atoms with Gasteiger partial charge in [0, 0.05) is 24.0 Å². The molecule has 0 fully saturated rings. The fraction of sp³-hybridized carbons (Fsp3) is 0.238. The van der Waals surface area contributed by atoms with Crippen LogP contribution in [0, 0.1) is 11.6 Å². The van der Waals surface area contributed by atoms with E-state index < -0.39 is 35.3 Å². The molecule has 6 heteroatoms. The van der Waals surface area contributed by atoms with Gasteiger partial charge in [0.05, 0.1) is 11.6 Å². The normalized spacial score (nSPS) is 23.7. The predicted octanol–water partition coefficient (Wildman–Crippen LogP) is 4.26. The van der Waals surface area contributed by atoms with E-state index in [-0.39, 0.29) is 5.69 Å². The number of ether oxygens (including phenoxy) is 1. The number of esters is 1. The SMILES string of the molecule is C[C@H](OC(=O)c1ccccn1)C1c2cc(F)cc(F)c2C2(C)C=CC=CN12. The molecule has 0 aliphatic carbocycles. The van der Waals surface area contributed by atoms with Crippen molar-refractivity contribution in [1.82, 2.24) is 9.88 Å². The minimum Gasteiger partial charge on any atom is -0.455 e. The van der Waals surface area contributed by atoms with Crippen molar-refractivity contribution in [2.75, 3.05) is 0 Å². The van der Waals surface area contributed by atoms with Crippen molar-refractivity contribution in [3.05, 3.63) is 89.4 Å². The van der Waals surface area contributed by atoms with Gasteiger partial charge in [-0.1, -0.05) is 18.2 Å². The van der Waals surface area contributed by atoms with Gasteiger partial charge in [-0.3, -0.25) is 0 Å². The van der Waals surface area contributed by atoms with Crippen molar-refractivity contribution < 1.29 is 18.3 Å². The highest BCUT2D eigenvalue weighted by Gasteiger charge is 2.49. The smallest absolute Gasteiger partial charge is 0.357 e. The lowest BCUT2D eigenvalue weighted by molar-refractivity contribution is 0.00480. The Balaban J connectivity index is 1.73. The number of rotatable bonds is 3. The Morgan fingerprint density at radius 2 is 2.11 bits per heavy atom. The molecule has 2 aliphatic rings. The molecule has 1 aromatic heterocycles. The van der Waals surface area contributed by atoms with Crippen LogP contribution in [0.2, 0.25) is 0 Å². The average Bonchev–Trinajstić information content (AvgIpc) is 2.90. The van der Waals surface area contributed by atoms with Gasteiger partial charge in [-0.2, -0.15) is 0 Å². The number of hydrogen-bond acceptors (Lipinski definition) is 4. The van der Waals surface area contributed by atoms with Crippen LogP contribution in [-0.2, 0) is 10.3 Å². The summed E-state index contributed by atoms with van der Waals surface area (Å²) in [5.74, 6) is -1.84. The molecule has 0 N–H and O–H groups in total. The summed E-state index contributed by atoms with van der Waals surface area (Å²) in [5, 5.41) is 0. The van der Waals surface area contributed by atoms with Gasteiger partial charge in [-0.05, 0) is 43.7 Å². The van der Waals surface area contributed by atoms with Crippen molar-refractivity contribution in [2.24, 2.45) is 0 Å². The summed E-state index contributed by atoms with van der Waals surface area (Å²) >= 11 is 0. The Morgan fingerprint density at radius 3 is 2.85 bits per heavy atom. The van der Waals surface area contributed by atoms with Crippen LogP contribution in [-0.4, -0.2) is 22.0 Å². The maximum atomic E-state index is 14.7. The second-order valence-corrected chi connectivity index (χ2v) is 6.88. The number of aromatic nitrogens is 1. The maximum absolute atomic E-state index is 14.7. The van der Waals surface area contributed by atoms with Gasteiger partial charge >= 0.3 is 5.97 Å². The highest BCUT2D eigenvalue weighted by atomic mass is 19.1. The van der Waals surface area contributed by atoms with Crippen LogP contribution in [0.25, 0.3) is 0 Å². The molecule has 0 saturated carbocycles. The third kappa shape index (κ3) is 2.72. The van der Waals surface area contributed by atoms with Gasteiger partial charge in [-0.25, -0.2) is 18.6 Å². The van der Waals surface area contributed by atoms with E-state index in [9.17, 15) is 13.6 Å². The fourth-order valence-electron chi connectivity index (χ4n) is 3.99. The molecule has 2 aliphatic heterocycles. The van der Waals surface area contributed by atoms with E-state index in [1.807, 2.05) is 36.3 Å². The molecule has 1 aromatic carbocycles. The first kappa shape index (κ1) is 17.4. The number of halogens is 2. The van der Waals surface area contributed by atoms with Crippen LogP contribution in [0.15, 0.2) is 61.0 Å². The lowest BCUT2D eigenvalue weighted by Gasteiger charge is -2.39. The summed E-state index contributed by atoms with van der Waals surface area (Å²) in [6.45, 7) is 3.58. The Morgan fingerprint density at radius 1 is 1.30 bits per heavy atom. The van der Waals surface area contributed by atoms with E-state index >= 15 is 0 Å². The number of pyridine rings is 1. The van der Waals surface area contributed by atoms with Gasteiger partial charge in [0.15, 0.2) is 0 Å². The first-order valence-electron chi connectivity index (χ1n) is 8.68. The van der Waals surface area contributed by atoms with Crippen molar-refractivity contribution in [3.63, 3.8) is 0 Å². The van der Waals surface area contributed by atoms with E-state index in [1.165, 1.54) is 12.3 Å². The average molecular weight is 368 g/mol. The van der Waals surface area contributed by atoms with Crippen molar-refractivity contribution >= 4 is 5.97 Å². The third-order valence-electron chi connectivity index (χ3n) is 5.14. The predicted molar refractivity (Wildman–Crippen MR) is 95.7 cm³/mol. The highest BCUT2D eigenvalue weighted by Crippen LogP contribution is 2.51. The molecule has 2 unspecified atom stereocenters. The Labute approximate surface area is 155 Å². The fourth-order valence-corrected chi connectivity index (χ4v) is 3.99. The van der Waals surface area contributed by atoms with Crippen molar-refractivity contribution in [2.45, 2.75) is 31.5 Å².